The summed E-state index contributed by atoms with van der Waals surface area (Å²) in [6.45, 7) is 5.08. The van der Waals surface area contributed by atoms with Crippen LogP contribution in [0.15, 0.2) is 17.1 Å². The van der Waals surface area contributed by atoms with Crippen molar-refractivity contribution in [3.05, 3.63) is 21.3 Å². The number of halogens is 2. The predicted molar refractivity (Wildman–Crippen MR) is 113 cm³/mol. The highest BCUT2D eigenvalue weighted by Gasteiger charge is 2.32. The van der Waals surface area contributed by atoms with Crippen LogP contribution in [0.2, 0.25) is 4.34 Å². The molecule has 2 heterocycles. The average Bonchev–Trinajstić information content (AvgIpc) is 3.04. The molecular formula is C16H27ClIN3O3S. The minimum absolute atomic E-state index is 0. The largest absolute Gasteiger partial charge is 0.386 e. The van der Waals surface area contributed by atoms with E-state index in [1.165, 1.54) is 11.3 Å². The zero-order valence-electron chi connectivity index (χ0n) is 14.6. The van der Waals surface area contributed by atoms with Gasteiger partial charge < -0.3 is 25.2 Å². The van der Waals surface area contributed by atoms with Crippen LogP contribution in [0, 0.1) is 0 Å². The zero-order valence-corrected chi connectivity index (χ0v) is 18.5. The van der Waals surface area contributed by atoms with Gasteiger partial charge in [-0.05, 0) is 19.1 Å². The van der Waals surface area contributed by atoms with Gasteiger partial charge in [-0.25, -0.2) is 0 Å². The van der Waals surface area contributed by atoms with Crippen LogP contribution in [0.1, 0.15) is 30.7 Å². The second-order valence-corrected chi connectivity index (χ2v) is 7.48. The Hall–Kier alpha value is -0.130. The number of aliphatic hydroxyl groups is 1. The van der Waals surface area contributed by atoms with Gasteiger partial charge in [-0.1, -0.05) is 11.6 Å². The lowest BCUT2D eigenvalue weighted by Gasteiger charge is -2.34. The molecule has 144 valence electrons. The van der Waals surface area contributed by atoms with E-state index in [4.69, 9.17) is 21.1 Å². The van der Waals surface area contributed by atoms with Crippen molar-refractivity contribution in [2.24, 2.45) is 4.99 Å². The number of hydrogen-bond donors (Lipinski definition) is 3. The van der Waals surface area contributed by atoms with Crippen LogP contribution in [-0.2, 0) is 9.47 Å². The van der Waals surface area contributed by atoms with Gasteiger partial charge >= 0.3 is 0 Å². The molecule has 0 spiro atoms. The molecule has 1 unspecified atom stereocenters. The summed E-state index contributed by atoms with van der Waals surface area (Å²) in [6.07, 6.45) is 1.05. The fourth-order valence-corrected chi connectivity index (χ4v) is 3.58. The summed E-state index contributed by atoms with van der Waals surface area (Å²) in [7, 11) is 1.73. The number of nitrogens with one attached hydrogen (secondary N) is 2. The van der Waals surface area contributed by atoms with Gasteiger partial charge in [0, 0.05) is 51.1 Å². The zero-order chi connectivity index (χ0) is 17.4. The topological polar surface area (TPSA) is 75.1 Å². The summed E-state index contributed by atoms with van der Waals surface area (Å²) >= 11 is 7.29. The number of rotatable bonds is 7. The third-order valence-electron chi connectivity index (χ3n) is 4.09. The number of ether oxygens (including phenoxy) is 2. The first kappa shape index (κ1) is 22.9. The van der Waals surface area contributed by atoms with Gasteiger partial charge in [0.25, 0.3) is 0 Å². The molecule has 25 heavy (non-hydrogen) atoms. The SMILES string of the molecule is CCNC(=NCC1(OC)CCOCC1)NCC(O)c1ccc(Cl)s1.I. The lowest BCUT2D eigenvalue weighted by atomic mass is 9.94. The molecule has 1 aliphatic rings. The van der Waals surface area contributed by atoms with Crippen LogP contribution in [0.25, 0.3) is 0 Å². The van der Waals surface area contributed by atoms with Crippen molar-refractivity contribution in [1.29, 1.82) is 0 Å². The molecule has 1 aromatic rings. The smallest absolute Gasteiger partial charge is 0.191 e. The summed E-state index contributed by atoms with van der Waals surface area (Å²) in [5.41, 5.74) is -0.263. The van der Waals surface area contributed by atoms with E-state index in [2.05, 4.69) is 15.6 Å². The van der Waals surface area contributed by atoms with E-state index in [1.807, 2.05) is 13.0 Å². The van der Waals surface area contributed by atoms with Crippen LogP contribution in [0.5, 0.6) is 0 Å². The van der Waals surface area contributed by atoms with E-state index >= 15 is 0 Å². The van der Waals surface area contributed by atoms with Gasteiger partial charge in [0.15, 0.2) is 5.96 Å². The molecule has 0 bridgehead atoms. The first-order valence-corrected chi connectivity index (χ1v) is 9.36. The van der Waals surface area contributed by atoms with Crippen LogP contribution >= 0.6 is 46.9 Å². The van der Waals surface area contributed by atoms with E-state index in [-0.39, 0.29) is 29.6 Å². The van der Waals surface area contributed by atoms with Crippen LogP contribution < -0.4 is 10.6 Å². The Morgan fingerprint density at radius 3 is 2.72 bits per heavy atom. The lowest BCUT2D eigenvalue weighted by molar-refractivity contribution is -0.0828. The first-order chi connectivity index (χ1) is 11.6. The standard InChI is InChI=1S/C16H26ClN3O3S.HI/c1-3-18-15(19-10-12(21)13-4-5-14(17)24-13)20-11-16(22-2)6-8-23-9-7-16;/h4-5,12,21H,3,6-11H2,1-2H3,(H2,18,19,20);1H. The molecule has 1 aromatic heterocycles. The fourth-order valence-electron chi connectivity index (χ4n) is 2.54. The van der Waals surface area contributed by atoms with E-state index in [9.17, 15) is 5.11 Å². The highest BCUT2D eigenvalue weighted by Crippen LogP contribution is 2.26. The van der Waals surface area contributed by atoms with Crippen molar-refractivity contribution in [3.8, 4) is 0 Å². The maximum Gasteiger partial charge on any atom is 0.191 e. The van der Waals surface area contributed by atoms with Crippen LogP contribution in [0.3, 0.4) is 0 Å². The molecule has 1 atom stereocenters. The number of methoxy groups -OCH3 is 1. The van der Waals surface area contributed by atoms with Crippen molar-refractivity contribution < 1.29 is 14.6 Å². The van der Waals surface area contributed by atoms with Gasteiger partial charge in [0.1, 0.15) is 6.10 Å². The van der Waals surface area contributed by atoms with Gasteiger partial charge in [0.2, 0.25) is 0 Å². The number of aliphatic imine (C=N–C) groups is 1. The van der Waals surface area contributed by atoms with Crippen molar-refractivity contribution in [2.75, 3.05) is 40.0 Å². The number of hydrogen-bond acceptors (Lipinski definition) is 5. The maximum absolute atomic E-state index is 10.2. The number of guanidine groups is 1. The number of thiophene rings is 1. The molecule has 1 aliphatic heterocycles. The summed E-state index contributed by atoms with van der Waals surface area (Å²) in [5, 5.41) is 16.6. The van der Waals surface area contributed by atoms with Gasteiger partial charge in [0.05, 0.1) is 16.5 Å². The third kappa shape index (κ3) is 7.18. The monoisotopic (exact) mass is 503 g/mol. The Kier molecular flexibility index (Phi) is 10.6. The Labute approximate surface area is 175 Å². The molecule has 0 amide bonds. The second-order valence-electron chi connectivity index (χ2n) is 5.73. The predicted octanol–water partition coefficient (Wildman–Crippen LogP) is 2.80. The number of aliphatic hydroxyl groups excluding tert-OH is 1. The van der Waals surface area contributed by atoms with Gasteiger partial charge in [-0.3, -0.25) is 4.99 Å². The van der Waals surface area contributed by atoms with Crippen molar-refractivity contribution in [3.63, 3.8) is 0 Å². The van der Waals surface area contributed by atoms with E-state index in [0.717, 1.165) is 24.3 Å². The molecule has 2 rings (SSSR count). The maximum atomic E-state index is 10.2. The summed E-state index contributed by atoms with van der Waals surface area (Å²) in [6, 6.07) is 3.63. The molecule has 6 nitrogen and oxygen atoms in total. The molecule has 0 aliphatic carbocycles. The second kappa shape index (κ2) is 11.6. The highest BCUT2D eigenvalue weighted by atomic mass is 127. The molecule has 0 aromatic carbocycles. The van der Waals surface area contributed by atoms with Crippen LogP contribution in [-0.4, -0.2) is 56.6 Å². The van der Waals surface area contributed by atoms with Crippen LogP contribution in [0.4, 0.5) is 0 Å². The lowest BCUT2D eigenvalue weighted by Crippen LogP contribution is -2.44. The Morgan fingerprint density at radius 1 is 1.44 bits per heavy atom. The first-order valence-electron chi connectivity index (χ1n) is 8.17. The van der Waals surface area contributed by atoms with Crippen molar-refractivity contribution in [2.45, 2.75) is 31.5 Å². The molecule has 9 heteroatoms. The third-order valence-corrected chi connectivity index (χ3v) is 5.42. The fraction of sp³-hybridized carbons (Fsp3) is 0.688. The van der Waals surface area contributed by atoms with Gasteiger partial charge in [-0.15, -0.1) is 35.3 Å². The molecular weight excluding hydrogens is 477 g/mol. The molecule has 1 saturated heterocycles. The highest BCUT2D eigenvalue weighted by molar-refractivity contribution is 14.0. The van der Waals surface area contributed by atoms with E-state index < -0.39 is 6.10 Å². The Morgan fingerprint density at radius 2 is 2.16 bits per heavy atom. The quantitative estimate of drug-likeness (QED) is 0.303. The van der Waals surface area contributed by atoms with Gasteiger partial charge in [-0.2, -0.15) is 0 Å². The summed E-state index contributed by atoms with van der Waals surface area (Å²) in [4.78, 5) is 5.47. The number of nitrogens with zero attached hydrogens (tertiary/aromatic N) is 1. The summed E-state index contributed by atoms with van der Waals surface area (Å²) < 4.78 is 11.8. The molecule has 1 fully saturated rings. The minimum Gasteiger partial charge on any atom is -0.386 e. The Bertz CT molecular complexity index is 538. The molecule has 0 saturated carbocycles. The van der Waals surface area contributed by atoms with Crippen molar-refractivity contribution >= 4 is 52.9 Å². The summed E-state index contributed by atoms with van der Waals surface area (Å²) in [5.74, 6) is 0.669. The van der Waals surface area contributed by atoms with E-state index in [0.29, 0.717) is 36.6 Å². The molecule has 0 radical (unpaired) electrons. The minimum atomic E-state index is -0.620. The Balaban J connectivity index is 0.00000312. The van der Waals surface area contributed by atoms with E-state index in [1.54, 1.807) is 13.2 Å². The molecule has 3 N–H and O–H groups in total. The normalized spacial score (nSPS) is 18.3. The van der Waals surface area contributed by atoms with Crippen molar-refractivity contribution in [1.82, 2.24) is 10.6 Å². The average molecular weight is 504 g/mol.